The maximum absolute atomic E-state index is 13.3. The normalized spacial score (nSPS) is 13.1. The monoisotopic (exact) mass is 649 g/mol. The molecule has 3 aromatic rings. The van der Waals surface area contributed by atoms with Gasteiger partial charge in [-0.2, -0.15) is 0 Å². The minimum Gasteiger partial charge on any atom is -0.481 e. The van der Waals surface area contributed by atoms with Crippen LogP contribution in [0.25, 0.3) is 11.4 Å². The summed E-state index contributed by atoms with van der Waals surface area (Å²) < 4.78 is 15.6. The van der Waals surface area contributed by atoms with E-state index in [-0.39, 0.29) is 24.2 Å². The van der Waals surface area contributed by atoms with Crippen LogP contribution in [0.5, 0.6) is 0 Å². The highest BCUT2D eigenvalue weighted by Crippen LogP contribution is 2.36. The largest absolute Gasteiger partial charge is 0.481 e. The second-order valence-corrected chi connectivity index (χ2v) is 11.9. The van der Waals surface area contributed by atoms with Gasteiger partial charge in [0, 0.05) is 36.7 Å². The number of imidazole rings is 1. The van der Waals surface area contributed by atoms with Gasteiger partial charge in [0.2, 0.25) is 5.95 Å². The number of anilines is 2. The second-order valence-electron chi connectivity index (χ2n) is 11.9. The number of allylic oxidation sites excluding steroid dienone is 3. The van der Waals surface area contributed by atoms with Gasteiger partial charge in [0.25, 0.3) is 0 Å². The third-order valence-corrected chi connectivity index (χ3v) is 7.78. The minimum atomic E-state index is -0.735. The number of nitrogens with one attached hydrogen (secondary N) is 1. The Morgan fingerprint density at radius 2 is 1.68 bits per heavy atom. The van der Waals surface area contributed by atoms with Crippen molar-refractivity contribution in [3.05, 3.63) is 78.7 Å². The maximum atomic E-state index is 13.3. The van der Waals surface area contributed by atoms with Crippen molar-refractivity contribution in [2.45, 2.75) is 126 Å². The molecule has 0 radical (unpaired) electrons. The number of rotatable bonds is 17. The van der Waals surface area contributed by atoms with Crippen molar-refractivity contribution in [1.29, 1.82) is 0 Å². The molecule has 0 saturated carbocycles. The van der Waals surface area contributed by atoms with Crippen LogP contribution in [0.2, 0.25) is 0 Å². The summed E-state index contributed by atoms with van der Waals surface area (Å²) >= 11 is 0. The lowest BCUT2D eigenvalue weighted by Crippen LogP contribution is -2.17. The summed E-state index contributed by atoms with van der Waals surface area (Å²) in [6, 6.07) is 11.7. The molecule has 3 atom stereocenters. The molecule has 7 nitrogen and oxygen atoms in total. The summed E-state index contributed by atoms with van der Waals surface area (Å²) in [4.78, 5) is 25.9. The molecule has 1 aromatic carbocycles. The Hall–Kier alpha value is -3.81. The Bertz CT molecular complexity index is 1340. The highest BCUT2D eigenvalue weighted by molar-refractivity contribution is 5.67. The fourth-order valence-corrected chi connectivity index (χ4v) is 5.55. The molecule has 2 aromatic heterocycles. The van der Waals surface area contributed by atoms with Gasteiger partial charge in [-0.05, 0) is 56.2 Å². The van der Waals surface area contributed by atoms with E-state index in [9.17, 15) is 14.3 Å². The van der Waals surface area contributed by atoms with Crippen LogP contribution < -0.4 is 5.32 Å². The van der Waals surface area contributed by atoms with Gasteiger partial charge in [-0.15, -0.1) is 0 Å². The first kappa shape index (κ1) is 41.2. The van der Waals surface area contributed by atoms with Crippen LogP contribution in [0, 0.1) is 11.8 Å². The summed E-state index contributed by atoms with van der Waals surface area (Å²) in [6.07, 6.45) is 13.6. The van der Waals surface area contributed by atoms with Gasteiger partial charge in [-0.1, -0.05) is 111 Å². The van der Waals surface area contributed by atoms with Crippen LogP contribution >= 0.6 is 0 Å². The number of hydrogen-bond donors (Lipinski definition) is 2. The first-order chi connectivity index (χ1) is 22.7. The smallest absolute Gasteiger partial charge is 0.303 e. The zero-order valence-electron chi connectivity index (χ0n) is 30.3. The summed E-state index contributed by atoms with van der Waals surface area (Å²) in [5, 5.41) is 12.6. The molecule has 8 heteroatoms. The molecule has 0 amide bonds. The fraction of sp³-hybridized carbons (Fsp3) is 0.538. The molecule has 3 unspecified atom stereocenters. The summed E-state index contributed by atoms with van der Waals surface area (Å²) in [6.45, 7) is 19.5. The number of carboxylic acid groups (broad SMARTS) is 1. The van der Waals surface area contributed by atoms with Crippen LogP contribution in [0.4, 0.5) is 16.0 Å². The molecule has 0 aliphatic rings. The second kappa shape index (κ2) is 23.5. The van der Waals surface area contributed by atoms with Crippen molar-refractivity contribution in [2.75, 3.05) is 5.32 Å². The number of para-hydroxylation sites is 1. The Balaban J connectivity index is 0.00000208. The number of benzene rings is 1. The van der Waals surface area contributed by atoms with Crippen LogP contribution in [-0.4, -0.2) is 30.6 Å². The van der Waals surface area contributed by atoms with Crippen LogP contribution in [0.3, 0.4) is 0 Å². The Labute approximate surface area is 283 Å². The van der Waals surface area contributed by atoms with Crippen molar-refractivity contribution in [3.63, 3.8) is 0 Å². The third kappa shape index (κ3) is 13.8. The molecule has 47 heavy (non-hydrogen) atoms. The van der Waals surface area contributed by atoms with Gasteiger partial charge < -0.3 is 15.0 Å². The first-order valence-electron chi connectivity index (χ1n) is 17.6. The molecule has 2 N–H and O–H groups in total. The summed E-state index contributed by atoms with van der Waals surface area (Å²) in [5.41, 5.74) is 3.38. The van der Waals surface area contributed by atoms with E-state index in [1.54, 1.807) is 12.3 Å². The minimum absolute atomic E-state index is 0.104. The van der Waals surface area contributed by atoms with Crippen LogP contribution in [-0.2, 0) is 11.3 Å². The van der Waals surface area contributed by atoms with E-state index in [1.807, 2.05) is 63.2 Å². The van der Waals surface area contributed by atoms with Gasteiger partial charge in [0.15, 0.2) is 0 Å². The maximum Gasteiger partial charge on any atom is 0.303 e. The molecule has 2 heterocycles. The van der Waals surface area contributed by atoms with E-state index in [4.69, 9.17) is 9.97 Å². The predicted molar refractivity (Wildman–Crippen MR) is 196 cm³/mol. The standard InChI is InChI=1S/C34H46FN5O2.C3H8.C2H6/c1-6-13-27(14-12-19-35)32-31(29-17-20-36-34(38-29)37-28-15-10-9-11-16-28)39-33(24(4)5)40(32)21-18-25(7-2)22-26(8-3)23-30(41)42;1-3-2;1-2/h6,9-13,15-17,19-20,24-27H,7-8,14,18,21-23H2,1-5H3,(H,41,42)(H,36,37,38);3H2,1-2H3;1-2H3/b13-6-,19-12+;;. The van der Waals surface area contributed by atoms with E-state index in [0.29, 0.717) is 30.3 Å². The molecular formula is C39H60FN5O2. The van der Waals surface area contributed by atoms with E-state index in [1.165, 1.54) is 6.42 Å². The molecule has 0 fully saturated rings. The van der Waals surface area contributed by atoms with Gasteiger partial charge in [0.1, 0.15) is 11.5 Å². The zero-order valence-corrected chi connectivity index (χ0v) is 30.3. The van der Waals surface area contributed by atoms with Crippen molar-refractivity contribution in [2.24, 2.45) is 11.8 Å². The lowest BCUT2D eigenvalue weighted by Gasteiger charge is -2.24. The number of nitrogens with zero attached hydrogens (tertiary/aromatic N) is 4. The average molecular weight is 650 g/mol. The fourth-order valence-electron chi connectivity index (χ4n) is 5.55. The molecule has 3 rings (SSSR count). The number of carbonyl (C=O) groups is 1. The average Bonchev–Trinajstić information content (AvgIpc) is 3.46. The van der Waals surface area contributed by atoms with Gasteiger partial charge in [-0.25, -0.2) is 19.3 Å². The zero-order chi connectivity index (χ0) is 35.2. The predicted octanol–water partition coefficient (Wildman–Crippen LogP) is 11.5. The molecular weight excluding hydrogens is 589 g/mol. The highest BCUT2D eigenvalue weighted by atomic mass is 19.1. The Morgan fingerprint density at radius 1 is 1.02 bits per heavy atom. The molecule has 0 spiro atoms. The number of hydrogen-bond acceptors (Lipinski definition) is 5. The number of aliphatic carboxylic acids is 1. The van der Waals surface area contributed by atoms with Crippen LogP contribution in [0.1, 0.15) is 131 Å². The van der Waals surface area contributed by atoms with Crippen molar-refractivity contribution >= 4 is 17.6 Å². The Kier molecular flexibility index (Phi) is 20.6. The van der Waals surface area contributed by atoms with Gasteiger partial charge in [0.05, 0.1) is 17.7 Å². The quantitative estimate of drug-likeness (QED) is 0.141. The lowest BCUT2D eigenvalue weighted by molar-refractivity contribution is -0.138. The number of carboxylic acids is 1. The summed E-state index contributed by atoms with van der Waals surface area (Å²) in [5.74, 6) is 1.31. The van der Waals surface area contributed by atoms with Crippen LogP contribution in [0.15, 0.2) is 67.2 Å². The van der Waals surface area contributed by atoms with Gasteiger partial charge in [-0.3, -0.25) is 4.79 Å². The number of halogens is 1. The van der Waals surface area contributed by atoms with E-state index in [2.05, 4.69) is 62.5 Å². The van der Waals surface area contributed by atoms with Crippen molar-refractivity contribution < 1.29 is 14.3 Å². The molecule has 0 aliphatic carbocycles. The van der Waals surface area contributed by atoms with Crippen molar-refractivity contribution in [3.8, 4) is 11.4 Å². The molecule has 260 valence electrons. The summed E-state index contributed by atoms with van der Waals surface area (Å²) in [7, 11) is 0. The lowest BCUT2D eigenvalue weighted by atomic mass is 9.86. The molecule has 0 bridgehead atoms. The third-order valence-electron chi connectivity index (χ3n) is 7.78. The molecule has 0 aliphatic heterocycles. The van der Waals surface area contributed by atoms with E-state index >= 15 is 0 Å². The number of aromatic nitrogens is 4. The van der Waals surface area contributed by atoms with E-state index < -0.39 is 5.97 Å². The Morgan fingerprint density at radius 3 is 2.23 bits per heavy atom. The first-order valence-corrected chi connectivity index (χ1v) is 17.6. The highest BCUT2D eigenvalue weighted by Gasteiger charge is 2.27. The van der Waals surface area contributed by atoms with Gasteiger partial charge >= 0.3 is 5.97 Å². The van der Waals surface area contributed by atoms with E-state index in [0.717, 1.165) is 55.1 Å². The topological polar surface area (TPSA) is 92.9 Å². The van der Waals surface area contributed by atoms with Crippen molar-refractivity contribution in [1.82, 2.24) is 19.5 Å². The SMILES string of the molecule is C/C=C\C(C/C=C/F)c1c(-c2ccnc(Nc3ccccc3)n2)nc(C(C)C)n1CCC(CC)CC(CC)CC(=O)O.CC.CCC. The molecule has 0 saturated heterocycles.